The molecule has 5 aromatic rings. The van der Waals surface area contributed by atoms with Crippen LogP contribution in [0.5, 0.6) is 0 Å². The summed E-state index contributed by atoms with van der Waals surface area (Å²) in [6, 6.07) is 28.4. The predicted molar refractivity (Wildman–Crippen MR) is 102 cm³/mol. The first-order chi connectivity index (χ1) is 12.9. The normalized spacial score (nSPS) is 11.1. The molecule has 2 aromatic heterocycles. The van der Waals surface area contributed by atoms with Crippen LogP contribution in [-0.4, -0.2) is 25.2 Å². The second-order valence-electron chi connectivity index (χ2n) is 6.04. The molecule has 0 amide bonds. The molecular formula is C21H15N5. The molecule has 0 unspecified atom stereocenters. The first-order valence-electron chi connectivity index (χ1n) is 8.42. The van der Waals surface area contributed by atoms with Gasteiger partial charge in [-0.1, -0.05) is 66.7 Å². The summed E-state index contributed by atoms with van der Waals surface area (Å²) in [5.74, 6) is 0.715. The van der Waals surface area contributed by atoms with Gasteiger partial charge in [0.1, 0.15) is 0 Å². The zero-order chi connectivity index (χ0) is 17.3. The van der Waals surface area contributed by atoms with E-state index in [1.165, 1.54) is 0 Å². The Hall–Kier alpha value is -3.73. The minimum atomic E-state index is 0.715. The van der Waals surface area contributed by atoms with Gasteiger partial charge in [0.05, 0.1) is 16.9 Å². The highest BCUT2D eigenvalue weighted by Crippen LogP contribution is 2.37. The number of para-hydroxylation sites is 2. The summed E-state index contributed by atoms with van der Waals surface area (Å²) in [4.78, 5) is 3.54. The molecule has 0 spiro atoms. The molecule has 0 aliphatic heterocycles. The first-order valence-corrected chi connectivity index (χ1v) is 8.42. The molecule has 5 nitrogen and oxygen atoms in total. The minimum absolute atomic E-state index is 0.715. The van der Waals surface area contributed by atoms with Crippen molar-refractivity contribution in [2.75, 3.05) is 0 Å². The van der Waals surface area contributed by atoms with E-state index in [0.29, 0.717) is 5.82 Å². The summed E-state index contributed by atoms with van der Waals surface area (Å²) in [7, 11) is 0. The zero-order valence-corrected chi connectivity index (χ0v) is 13.9. The lowest BCUT2D eigenvalue weighted by Gasteiger charge is -2.07. The highest BCUT2D eigenvalue weighted by Gasteiger charge is 2.20. The Bertz CT molecular complexity index is 1170. The summed E-state index contributed by atoms with van der Waals surface area (Å²) in [6.07, 6.45) is 0. The molecule has 0 atom stereocenters. The van der Waals surface area contributed by atoms with Crippen molar-refractivity contribution in [2.24, 2.45) is 0 Å². The fourth-order valence-corrected chi connectivity index (χ4v) is 3.28. The van der Waals surface area contributed by atoms with Gasteiger partial charge in [0.25, 0.3) is 0 Å². The van der Waals surface area contributed by atoms with E-state index in [1.54, 1.807) is 4.68 Å². The lowest BCUT2D eigenvalue weighted by atomic mass is 10.0. The van der Waals surface area contributed by atoms with Gasteiger partial charge in [0.2, 0.25) is 0 Å². The first kappa shape index (κ1) is 14.6. The van der Waals surface area contributed by atoms with Crippen molar-refractivity contribution in [2.45, 2.75) is 0 Å². The van der Waals surface area contributed by atoms with Crippen LogP contribution in [0.25, 0.3) is 39.2 Å². The van der Waals surface area contributed by atoms with E-state index >= 15 is 0 Å². The molecule has 0 fully saturated rings. The van der Waals surface area contributed by atoms with Crippen LogP contribution in [0.2, 0.25) is 0 Å². The number of nitrogens with zero attached hydrogens (tertiary/aromatic N) is 4. The molecule has 26 heavy (non-hydrogen) atoms. The number of hydrogen-bond donors (Lipinski definition) is 1. The third-order valence-electron chi connectivity index (χ3n) is 4.46. The van der Waals surface area contributed by atoms with E-state index in [9.17, 15) is 0 Å². The van der Waals surface area contributed by atoms with Gasteiger partial charge in [-0.05, 0) is 34.2 Å². The van der Waals surface area contributed by atoms with E-state index in [4.69, 9.17) is 0 Å². The lowest BCUT2D eigenvalue weighted by Crippen LogP contribution is -2.00. The van der Waals surface area contributed by atoms with Crippen molar-refractivity contribution < 1.29 is 0 Å². The van der Waals surface area contributed by atoms with Gasteiger partial charge in [-0.15, -0.1) is 5.10 Å². The Labute approximate surface area is 149 Å². The Balaban J connectivity index is 1.82. The monoisotopic (exact) mass is 337 g/mol. The SMILES string of the molecule is c1ccc(-c2[nH]c3ccccc3c2-c2nnnn2-c2ccccc2)cc1. The van der Waals surface area contributed by atoms with Crippen LogP contribution in [0.15, 0.2) is 84.9 Å². The van der Waals surface area contributed by atoms with Crippen molar-refractivity contribution >= 4 is 10.9 Å². The summed E-state index contributed by atoms with van der Waals surface area (Å²) in [5.41, 5.74) is 5.10. The van der Waals surface area contributed by atoms with Crippen LogP contribution in [0.4, 0.5) is 0 Å². The molecule has 0 aliphatic carbocycles. The van der Waals surface area contributed by atoms with Crippen LogP contribution < -0.4 is 0 Å². The van der Waals surface area contributed by atoms with Gasteiger partial charge >= 0.3 is 0 Å². The number of H-pyrrole nitrogens is 1. The molecular weight excluding hydrogens is 322 g/mol. The highest BCUT2D eigenvalue weighted by atomic mass is 15.5. The highest BCUT2D eigenvalue weighted by molar-refractivity contribution is 6.02. The van der Waals surface area contributed by atoms with Crippen molar-refractivity contribution in [3.05, 3.63) is 84.9 Å². The summed E-state index contributed by atoms with van der Waals surface area (Å²) in [5, 5.41) is 13.6. The number of aromatic amines is 1. The molecule has 1 N–H and O–H groups in total. The number of tetrazole rings is 1. The van der Waals surface area contributed by atoms with Crippen LogP contribution in [-0.2, 0) is 0 Å². The fraction of sp³-hybridized carbons (Fsp3) is 0. The second kappa shape index (κ2) is 5.97. The number of rotatable bonds is 3. The average Bonchev–Trinajstić information content (AvgIpc) is 3.33. The van der Waals surface area contributed by atoms with Crippen molar-refractivity contribution in [1.82, 2.24) is 25.2 Å². The van der Waals surface area contributed by atoms with Crippen LogP contribution in [0, 0.1) is 0 Å². The third-order valence-corrected chi connectivity index (χ3v) is 4.46. The number of fused-ring (bicyclic) bond motifs is 1. The number of hydrogen-bond acceptors (Lipinski definition) is 3. The second-order valence-corrected chi connectivity index (χ2v) is 6.04. The Morgan fingerprint density at radius 3 is 2.23 bits per heavy atom. The maximum absolute atomic E-state index is 4.35. The molecule has 5 heteroatoms. The van der Waals surface area contributed by atoms with E-state index in [2.05, 4.69) is 44.8 Å². The Morgan fingerprint density at radius 1 is 0.731 bits per heavy atom. The molecule has 5 rings (SSSR count). The summed E-state index contributed by atoms with van der Waals surface area (Å²) >= 11 is 0. The van der Waals surface area contributed by atoms with Crippen molar-refractivity contribution in [3.8, 4) is 28.3 Å². The maximum Gasteiger partial charge on any atom is 0.189 e. The number of nitrogens with one attached hydrogen (secondary N) is 1. The summed E-state index contributed by atoms with van der Waals surface area (Å²) < 4.78 is 1.78. The maximum atomic E-state index is 4.35. The molecule has 0 saturated heterocycles. The van der Waals surface area contributed by atoms with Crippen molar-refractivity contribution in [1.29, 1.82) is 0 Å². The van der Waals surface area contributed by atoms with Gasteiger partial charge in [-0.2, -0.15) is 4.68 Å². The predicted octanol–water partition coefficient (Wildman–Crippen LogP) is 4.48. The van der Waals surface area contributed by atoms with Crippen LogP contribution >= 0.6 is 0 Å². The molecule has 0 radical (unpaired) electrons. The van der Waals surface area contributed by atoms with Gasteiger partial charge in [0.15, 0.2) is 5.82 Å². The standard InChI is InChI=1S/C21H15N5/c1-3-9-15(10-4-1)20-19(17-13-7-8-14-18(17)22-20)21-23-24-25-26(21)16-11-5-2-6-12-16/h1-14,22H. The lowest BCUT2D eigenvalue weighted by molar-refractivity contribution is 0.791. The van der Waals surface area contributed by atoms with Crippen LogP contribution in [0.3, 0.4) is 0 Å². The minimum Gasteiger partial charge on any atom is -0.354 e. The van der Waals surface area contributed by atoms with Gasteiger partial charge < -0.3 is 4.98 Å². The molecule has 0 saturated carbocycles. The van der Waals surface area contributed by atoms with E-state index in [-0.39, 0.29) is 0 Å². The molecule has 0 aliphatic rings. The summed E-state index contributed by atoms with van der Waals surface area (Å²) in [6.45, 7) is 0. The van der Waals surface area contributed by atoms with E-state index < -0.39 is 0 Å². The molecule has 3 aromatic carbocycles. The van der Waals surface area contributed by atoms with Gasteiger partial charge in [0, 0.05) is 10.9 Å². The third kappa shape index (κ3) is 2.29. The largest absolute Gasteiger partial charge is 0.354 e. The number of aromatic nitrogens is 5. The van der Waals surface area contributed by atoms with E-state index in [0.717, 1.165) is 33.4 Å². The quantitative estimate of drug-likeness (QED) is 0.528. The van der Waals surface area contributed by atoms with Crippen molar-refractivity contribution in [3.63, 3.8) is 0 Å². The van der Waals surface area contributed by atoms with Crippen LogP contribution in [0.1, 0.15) is 0 Å². The van der Waals surface area contributed by atoms with Gasteiger partial charge in [-0.3, -0.25) is 0 Å². The van der Waals surface area contributed by atoms with Gasteiger partial charge in [-0.25, -0.2) is 0 Å². The molecule has 0 bridgehead atoms. The molecule has 2 heterocycles. The fourth-order valence-electron chi connectivity index (χ4n) is 3.28. The Morgan fingerprint density at radius 2 is 1.42 bits per heavy atom. The smallest absolute Gasteiger partial charge is 0.189 e. The topological polar surface area (TPSA) is 59.4 Å². The average molecular weight is 337 g/mol. The Kier molecular flexibility index (Phi) is 3.35. The number of benzene rings is 3. The molecule has 124 valence electrons. The van der Waals surface area contributed by atoms with E-state index in [1.807, 2.05) is 60.7 Å². The zero-order valence-electron chi connectivity index (χ0n) is 13.9.